The lowest BCUT2D eigenvalue weighted by molar-refractivity contribution is -0.138. The van der Waals surface area contributed by atoms with Crippen molar-refractivity contribution < 1.29 is 32.2 Å². The van der Waals surface area contributed by atoms with Crippen LogP contribution < -0.4 is 9.47 Å². The first kappa shape index (κ1) is 23.0. The van der Waals surface area contributed by atoms with Crippen molar-refractivity contribution in [1.82, 2.24) is 4.90 Å². The van der Waals surface area contributed by atoms with Gasteiger partial charge in [-0.25, -0.2) is 0 Å². The largest absolute Gasteiger partial charge is 0.490 e. The van der Waals surface area contributed by atoms with E-state index >= 15 is 0 Å². The first-order valence-electron chi connectivity index (χ1n) is 9.12. The lowest BCUT2D eigenvalue weighted by Gasteiger charge is -2.14. The Morgan fingerprint density at radius 3 is 2.37 bits per heavy atom. The Morgan fingerprint density at radius 2 is 1.73 bits per heavy atom. The average molecular weight is 421 g/mol. The Morgan fingerprint density at radius 1 is 1.03 bits per heavy atom. The molecule has 0 aromatic heterocycles. The number of nitrogens with zero attached hydrogens (tertiary/aromatic N) is 1. The van der Waals surface area contributed by atoms with Gasteiger partial charge < -0.3 is 14.4 Å². The number of halogens is 3. The van der Waals surface area contributed by atoms with E-state index in [1.807, 2.05) is 0 Å². The lowest BCUT2D eigenvalue weighted by Crippen LogP contribution is -2.27. The molecule has 0 aliphatic carbocycles. The molecule has 0 bridgehead atoms. The minimum Gasteiger partial charge on any atom is -0.490 e. The fourth-order valence-electron chi connectivity index (χ4n) is 2.49. The average Bonchev–Trinajstić information content (AvgIpc) is 2.70. The van der Waals surface area contributed by atoms with Crippen molar-refractivity contribution in [2.75, 3.05) is 27.3 Å². The van der Waals surface area contributed by atoms with Gasteiger partial charge in [-0.15, -0.1) is 0 Å². The summed E-state index contributed by atoms with van der Waals surface area (Å²) in [5.74, 6) is -0.291. The Kier molecular flexibility index (Phi) is 7.63. The number of benzene rings is 2. The third kappa shape index (κ3) is 6.10. The molecule has 0 heterocycles. The predicted molar refractivity (Wildman–Crippen MR) is 107 cm³/mol. The van der Waals surface area contributed by atoms with E-state index in [0.717, 1.165) is 18.2 Å². The van der Waals surface area contributed by atoms with E-state index in [2.05, 4.69) is 0 Å². The van der Waals surface area contributed by atoms with Gasteiger partial charge in [-0.2, -0.15) is 13.2 Å². The van der Waals surface area contributed by atoms with Crippen molar-refractivity contribution in [3.63, 3.8) is 0 Å². The van der Waals surface area contributed by atoms with Gasteiger partial charge in [0.1, 0.15) is 0 Å². The zero-order valence-electron chi connectivity index (χ0n) is 16.8. The number of likely N-dealkylation sites (N-methyl/N-ethyl adjacent to an activating group) is 1. The third-order valence-corrected chi connectivity index (χ3v) is 4.04. The molecule has 8 heteroatoms. The number of amides is 1. The molecule has 0 N–H and O–H groups in total. The highest BCUT2D eigenvalue weighted by atomic mass is 19.4. The Hall–Kier alpha value is -3.29. The van der Waals surface area contributed by atoms with Crippen LogP contribution in [0.2, 0.25) is 0 Å². The van der Waals surface area contributed by atoms with E-state index in [0.29, 0.717) is 23.7 Å². The Bertz CT molecular complexity index is 936. The number of allylic oxidation sites excluding steroid dienone is 1. The number of alkyl halides is 3. The van der Waals surface area contributed by atoms with Gasteiger partial charge in [0.05, 0.1) is 12.2 Å². The summed E-state index contributed by atoms with van der Waals surface area (Å²) in [6.07, 6.45) is -2.15. The second-order valence-corrected chi connectivity index (χ2v) is 6.46. The van der Waals surface area contributed by atoms with Crippen LogP contribution in [0.4, 0.5) is 13.2 Å². The van der Waals surface area contributed by atoms with Crippen LogP contribution in [-0.4, -0.2) is 43.9 Å². The van der Waals surface area contributed by atoms with Crippen LogP contribution in [0.3, 0.4) is 0 Å². The molecule has 2 rings (SSSR count). The van der Waals surface area contributed by atoms with E-state index in [9.17, 15) is 22.8 Å². The fourth-order valence-corrected chi connectivity index (χ4v) is 2.49. The van der Waals surface area contributed by atoms with Gasteiger partial charge in [0.25, 0.3) is 5.91 Å². The van der Waals surface area contributed by atoms with Crippen molar-refractivity contribution in [2.45, 2.75) is 13.1 Å². The number of carbonyl (C=O) groups excluding carboxylic acids is 2. The van der Waals surface area contributed by atoms with Crippen LogP contribution in [0.5, 0.6) is 11.5 Å². The zero-order valence-corrected chi connectivity index (χ0v) is 16.8. The lowest BCUT2D eigenvalue weighted by atomic mass is 10.0. The number of carbonyl (C=O) groups is 2. The number of ketones is 1. The standard InChI is InChI=1S/C22H22F3NO4/c1-4-29-20-13-15(10-12-19(20)30-14-21(28)26(2)3)9-11-18(27)16-7-5-6-8-17(16)22(23,24)25/h5-13H,4,14H2,1-3H3/b11-9+. The molecule has 0 aliphatic rings. The predicted octanol–water partition coefficient (Wildman–Crippen LogP) is 4.47. The quantitative estimate of drug-likeness (QED) is 0.466. The molecule has 0 atom stereocenters. The number of hydrogen-bond donors (Lipinski definition) is 0. The monoisotopic (exact) mass is 421 g/mol. The van der Waals surface area contributed by atoms with Crippen molar-refractivity contribution in [1.29, 1.82) is 0 Å². The molecule has 5 nitrogen and oxygen atoms in total. The normalized spacial score (nSPS) is 11.4. The van der Waals surface area contributed by atoms with E-state index < -0.39 is 23.1 Å². The first-order chi connectivity index (χ1) is 14.1. The van der Waals surface area contributed by atoms with Crippen molar-refractivity contribution in [3.05, 3.63) is 65.2 Å². The molecule has 0 saturated heterocycles. The summed E-state index contributed by atoms with van der Waals surface area (Å²) in [6, 6.07) is 9.38. The molecule has 2 aromatic rings. The second-order valence-electron chi connectivity index (χ2n) is 6.46. The SMILES string of the molecule is CCOc1cc(/C=C/C(=O)c2ccccc2C(F)(F)F)ccc1OCC(=O)N(C)C. The van der Waals surface area contributed by atoms with E-state index in [1.54, 1.807) is 39.2 Å². The minimum absolute atomic E-state index is 0.172. The van der Waals surface area contributed by atoms with Crippen LogP contribution in [0.15, 0.2) is 48.5 Å². The summed E-state index contributed by atoms with van der Waals surface area (Å²) in [4.78, 5) is 25.4. The van der Waals surface area contributed by atoms with E-state index in [-0.39, 0.29) is 12.5 Å². The van der Waals surface area contributed by atoms with Gasteiger partial charge in [-0.05, 0) is 36.8 Å². The van der Waals surface area contributed by atoms with Crippen molar-refractivity contribution in [2.24, 2.45) is 0 Å². The topological polar surface area (TPSA) is 55.8 Å². The number of hydrogen-bond acceptors (Lipinski definition) is 4. The Balaban J connectivity index is 2.22. The van der Waals surface area contributed by atoms with Gasteiger partial charge >= 0.3 is 6.18 Å². The summed E-state index contributed by atoms with van der Waals surface area (Å²) in [6.45, 7) is 1.94. The third-order valence-electron chi connectivity index (χ3n) is 4.04. The molecule has 0 saturated carbocycles. The molecule has 0 aliphatic heterocycles. The van der Waals surface area contributed by atoms with Gasteiger partial charge in [-0.1, -0.05) is 30.3 Å². The van der Waals surface area contributed by atoms with E-state index in [4.69, 9.17) is 9.47 Å². The number of ether oxygens (including phenoxy) is 2. The van der Waals surface area contributed by atoms with Crippen LogP contribution in [0, 0.1) is 0 Å². The molecular weight excluding hydrogens is 399 g/mol. The molecule has 0 spiro atoms. The fraction of sp³-hybridized carbons (Fsp3) is 0.273. The minimum atomic E-state index is -4.62. The van der Waals surface area contributed by atoms with Crippen LogP contribution in [0.25, 0.3) is 6.08 Å². The molecule has 30 heavy (non-hydrogen) atoms. The molecule has 160 valence electrons. The smallest absolute Gasteiger partial charge is 0.417 e. The highest BCUT2D eigenvalue weighted by Gasteiger charge is 2.34. The summed E-state index contributed by atoms with van der Waals surface area (Å²) in [7, 11) is 3.22. The maximum absolute atomic E-state index is 13.1. The van der Waals surface area contributed by atoms with Gasteiger partial charge in [-0.3, -0.25) is 9.59 Å². The molecular formula is C22H22F3NO4. The molecule has 0 radical (unpaired) electrons. The summed E-state index contributed by atoms with van der Waals surface area (Å²) in [5.41, 5.74) is -0.875. The van der Waals surface area contributed by atoms with Crippen molar-refractivity contribution >= 4 is 17.8 Å². The molecule has 2 aromatic carbocycles. The maximum Gasteiger partial charge on any atom is 0.417 e. The summed E-state index contributed by atoms with van der Waals surface area (Å²) in [5, 5.41) is 0. The van der Waals surface area contributed by atoms with Crippen LogP contribution >= 0.6 is 0 Å². The van der Waals surface area contributed by atoms with Crippen LogP contribution in [-0.2, 0) is 11.0 Å². The highest BCUT2D eigenvalue weighted by Crippen LogP contribution is 2.32. The second kappa shape index (κ2) is 9.96. The summed E-state index contributed by atoms with van der Waals surface area (Å²) < 4.78 is 50.3. The molecule has 1 amide bonds. The first-order valence-corrected chi connectivity index (χ1v) is 9.12. The van der Waals surface area contributed by atoms with E-state index in [1.165, 1.54) is 23.1 Å². The zero-order chi connectivity index (χ0) is 22.3. The highest BCUT2D eigenvalue weighted by molar-refractivity contribution is 6.07. The van der Waals surface area contributed by atoms with Crippen molar-refractivity contribution in [3.8, 4) is 11.5 Å². The molecule has 0 fully saturated rings. The van der Waals surface area contributed by atoms with Gasteiger partial charge in [0, 0.05) is 19.7 Å². The maximum atomic E-state index is 13.1. The van der Waals surface area contributed by atoms with Gasteiger partial charge in [0.15, 0.2) is 23.9 Å². The summed E-state index contributed by atoms with van der Waals surface area (Å²) >= 11 is 0. The number of rotatable bonds is 8. The molecule has 0 unspecified atom stereocenters. The Labute approximate surface area is 172 Å². The van der Waals surface area contributed by atoms with Crippen LogP contribution in [0.1, 0.15) is 28.4 Å². The van der Waals surface area contributed by atoms with Gasteiger partial charge in [0.2, 0.25) is 0 Å².